The fourth-order valence-corrected chi connectivity index (χ4v) is 2.01. The fraction of sp³-hybridized carbons (Fsp3) is 0.0625. The molecule has 0 aromatic heterocycles. The van der Waals surface area contributed by atoms with Crippen molar-refractivity contribution in [3.8, 4) is 0 Å². The molecule has 0 unspecified atom stereocenters. The summed E-state index contributed by atoms with van der Waals surface area (Å²) in [6, 6.07) is 11.2. The second-order valence-electron chi connectivity index (χ2n) is 4.36. The lowest BCUT2D eigenvalue weighted by molar-refractivity contribution is -0.130. The number of carbonyl (C=O) groups is 1. The molecule has 2 aromatic rings. The summed E-state index contributed by atoms with van der Waals surface area (Å²) in [6.45, 7) is 1.90. The van der Waals surface area contributed by atoms with Crippen molar-refractivity contribution >= 4 is 29.2 Å². The molecule has 0 aliphatic rings. The summed E-state index contributed by atoms with van der Waals surface area (Å²) in [7, 11) is 0. The van der Waals surface area contributed by atoms with E-state index in [9.17, 15) is 14.3 Å². The molecule has 2 nitrogen and oxygen atoms in total. The van der Waals surface area contributed by atoms with Crippen molar-refractivity contribution in [3.63, 3.8) is 0 Å². The molecule has 0 fully saturated rings. The number of rotatable bonds is 3. The molecule has 0 saturated carbocycles. The summed E-state index contributed by atoms with van der Waals surface area (Å²) in [5, 5.41) is 9.48. The number of aliphatic carboxylic acids is 1. The van der Waals surface area contributed by atoms with Crippen LogP contribution in [0.4, 0.5) is 4.39 Å². The number of carboxylic acid groups (broad SMARTS) is 1. The van der Waals surface area contributed by atoms with Crippen LogP contribution in [0.2, 0.25) is 5.02 Å². The molecule has 0 radical (unpaired) electrons. The third-order valence-corrected chi connectivity index (χ3v) is 3.21. The molecule has 0 bridgehead atoms. The van der Waals surface area contributed by atoms with Gasteiger partial charge in [0.1, 0.15) is 5.82 Å². The van der Waals surface area contributed by atoms with Crippen molar-refractivity contribution in [1.82, 2.24) is 0 Å². The van der Waals surface area contributed by atoms with E-state index in [1.165, 1.54) is 24.3 Å². The van der Waals surface area contributed by atoms with Gasteiger partial charge in [0.25, 0.3) is 0 Å². The zero-order valence-electron chi connectivity index (χ0n) is 10.7. The predicted molar refractivity (Wildman–Crippen MR) is 78.1 cm³/mol. The SMILES string of the molecule is Cc1ccc(/C(=C/c2c(F)cccc2Cl)C(=O)O)cc1. The minimum atomic E-state index is -1.13. The van der Waals surface area contributed by atoms with Gasteiger partial charge in [0.2, 0.25) is 0 Å². The van der Waals surface area contributed by atoms with Gasteiger partial charge in [-0.05, 0) is 30.7 Å². The number of aryl methyl sites for hydroxylation is 1. The maximum absolute atomic E-state index is 13.7. The number of hydrogen-bond acceptors (Lipinski definition) is 1. The molecule has 0 atom stereocenters. The Kier molecular flexibility index (Phi) is 4.20. The molecule has 20 heavy (non-hydrogen) atoms. The Balaban J connectivity index is 2.56. The Hall–Kier alpha value is -2.13. The standard InChI is InChI=1S/C16H12ClFO2/c1-10-5-7-11(8-6-10)12(16(19)20)9-13-14(17)3-2-4-15(13)18/h2-9H,1H3,(H,19,20)/b12-9-. The Morgan fingerprint density at radius 3 is 2.40 bits per heavy atom. The van der Waals surface area contributed by atoms with E-state index in [4.69, 9.17) is 11.6 Å². The molecule has 2 aromatic carbocycles. The Morgan fingerprint density at radius 1 is 1.20 bits per heavy atom. The van der Waals surface area contributed by atoms with Crippen LogP contribution in [0.15, 0.2) is 42.5 Å². The fourth-order valence-electron chi connectivity index (χ4n) is 1.79. The summed E-state index contributed by atoms with van der Waals surface area (Å²) in [5.41, 5.74) is 1.59. The van der Waals surface area contributed by atoms with E-state index in [0.717, 1.165) is 5.56 Å². The van der Waals surface area contributed by atoms with Crippen molar-refractivity contribution in [1.29, 1.82) is 0 Å². The lowest BCUT2D eigenvalue weighted by Gasteiger charge is -2.06. The van der Waals surface area contributed by atoms with Gasteiger partial charge in [-0.25, -0.2) is 9.18 Å². The number of benzene rings is 2. The smallest absolute Gasteiger partial charge is 0.336 e. The highest BCUT2D eigenvalue weighted by atomic mass is 35.5. The van der Waals surface area contributed by atoms with Crippen molar-refractivity contribution in [2.45, 2.75) is 6.92 Å². The van der Waals surface area contributed by atoms with Crippen LogP contribution in [0.25, 0.3) is 11.6 Å². The van der Waals surface area contributed by atoms with Gasteiger partial charge in [0.15, 0.2) is 0 Å². The minimum Gasteiger partial charge on any atom is -0.478 e. The molecule has 4 heteroatoms. The molecule has 0 heterocycles. The number of carboxylic acids is 1. The molecule has 0 amide bonds. The maximum Gasteiger partial charge on any atom is 0.336 e. The van der Waals surface area contributed by atoms with Crippen LogP contribution in [0.3, 0.4) is 0 Å². The van der Waals surface area contributed by atoms with Crippen molar-refractivity contribution < 1.29 is 14.3 Å². The topological polar surface area (TPSA) is 37.3 Å². The summed E-state index contributed by atoms with van der Waals surface area (Å²) < 4.78 is 13.7. The van der Waals surface area contributed by atoms with Crippen LogP contribution in [0, 0.1) is 12.7 Å². The summed E-state index contributed by atoms with van der Waals surface area (Å²) >= 11 is 5.91. The zero-order valence-corrected chi connectivity index (χ0v) is 11.5. The molecule has 0 aliphatic heterocycles. The van der Waals surface area contributed by atoms with E-state index in [2.05, 4.69) is 0 Å². The molecule has 0 aliphatic carbocycles. The average molecular weight is 291 g/mol. The first-order valence-corrected chi connectivity index (χ1v) is 6.33. The molecular formula is C16H12ClFO2. The quantitative estimate of drug-likeness (QED) is 0.671. The largest absolute Gasteiger partial charge is 0.478 e. The van der Waals surface area contributed by atoms with E-state index in [0.29, 0.717) is 5.56 Å². The summed E-state index contributed by atoms with van der Waals surface area (Å²) in [6.07, 6.45) is 1.25. The van der Waals surface area contributed by atoms with Crippen LogP contribution in [0.5, 0.6) is 0 Å². The van der Waals surface area contributed by atoms with E-state index >= 15 is 0 Å². The molecule has 0 saturated heterocycles. The maximum atomic E-state index is 13.7. The Labute approximate surface area is 121 Å². The highest BCUT2D eigenvalue weighted by Gasteiger charge is 2.13. The third-order valence-electron chi connectivity index (χ3n) is 2.88. The molecule has 0 spiro atoms. The Bertz CT molecular complexity index is 655. The van der Waals surface area contributed by atoms with Gasteiger partial charge >= 0.3 is 5.97 Å². The van der Waals surface area contributed by atoms with Crippen molar-refractivity contribution in [2.24, 2.45) is 0 Å². The van der Waals surface area contributed by atoms with Gasteiger partial charge in [-0.15, -0.1) is 0 Å². The van der Waals surface area contributed by atoms with Gasteiger partial charge in [-0.3, -0.25) is 0 Å². The first kappa shape index (κ1) is 14.3. The predicted octanol–water partition coefficient (Wildman–Crippen LogP) is 4.41. The average Bonchev–Trinajstić information content (AvgIpc) is 2.39. The van der Waals surface area contributed by atoms with E-state index in [1.54, 1.807) is 24.3 Å². The second kappa shape index (κ2) is 5.88. The first-order chi connectivity index (χ1) is 9.49. The van der Waals surface area contributed by atoms with Crippen LogP contribution >= 0.6 is 11.6 Å². The molecule has 102 valence electrons. The normalized spacial score (nSPS) is 11.4. The second-order valence-corrected chi connectivity index (χ2v) is 4.77. The van der Waals surface area contributed by atoms with Gasteiger partial charge < -0.3 is 5.11 Å². The van der Waals surface area contributed by atoms with Crippen molar-refractivity contribution in [3.05, 3.63) is 70.0 Å². The van der Waals surface area contributed by atoms with Gasteiger partial charge in [0, 0.05) is 5.56 Å². The number of halogens is 2. The highest BCUT2D eigenvalue weighted by molar-refractivity contribution is 6.33. The monoisotopic (exact) mass is 290 g/mol. The lowest BCUT2D eigenvalue weighted by atomic mass is 10.0. The van der Waals surface area contributed by atoms with E-state index < -0.39 is 11.8 Å². The first-order valence-electron chi connectivity index (χ1n) is 5.95. The summed E-state index contributed by atoms with van der Waals surface area (Å²) in [5.74, 6) is -1.68. The van der Waals surface area contributed by atoms with Crippen LogP contribution in [-0.2, 0) is 4.79 Å². The van der Waals surface area contributed by atoms with Crippen molar-refractivity contribution in [2.75, 3.05) is 0 Å². The van der Waals surface area contributed by atoms with Crippen LogP contribution in [-0.4, -0.2) is 11.1 Å². The van der Waals surface area contributed by atoms with E-state index in [1.807, 2.05) is 6.92 Å². The summed E-state index contributed by atoms with van der Waals surface area (Å²) in [4.78, 5) is 11.4. The van der Waals surface area contributed by atoms with Gasteiger partial charge in [-0.1, -0.05) is 47.5 Å². The van der Waals surface area contributed by atoms with E-state index in [-0.39, 0.29) is 16.2 Å². The lowest BCUT2D eigenvalue weighted by Crippen LogP contribution is -2.00. The van der Waals surface area contributed by atoms with Gasteiger partial charge in [-0.2, -0.15) is 0 Å². The molecule has 1 N–H and O–H groups in total. The number of hydrogen-bond donors (Lipinski definition) is 1. The third kappa shape index (κ3) is 3.06. The zero-order chi connectivity index (χ0) is 14.7. The highest BCUT2D eigenvalue weighted by Crippen LogP contribution is 2.25. The molecule has 2 rings (SSSR count). The minimum absolute atomic E-state index is 0.00278. The van der Waals surface area contributed by atoms with Gasteiger partial charge in [0.05, 0.1) is 10.6 Å². The van der Waals surface area contributed by atoms with Crippen LogP contribution in [0.1, 0.15) is 16.7 Å². The molecular weight excluding hydrogens is 279 g/mol. The van der Waals surface area contributed by atoms with Crippen LogP contribution < -0.4 is 0 Å². The Morgan fingerprint density at radius 2 is 1.85 bits per heavy atom.